The summed E-state index contributed by atoms with van der Waals surface area (Å²) in [4.78, 5) is 15.6. The van der Waals surface area contributed by atoms with Gasteiger partial charge in [0.25, 0.3) is 0 Å². The highest BCUT2D eigenvalue weighted by atomic mass is 32.1. The Balaban J connectivity index is 1.91. The maximum absolute atomic E-state index is 11.0. The number of fused-ring (bicyclic) bond motifs is 1. The van der Waals surface area contributed by atoms with Crippen molar-refractivity contribution in [2.24, 2.45) is 0 Å². The van der Waals surface area contributed by atoms with Gasteiger partial charge in [0.2, 0.25) is 0 Å². The predicted molar refractivity (Wildman–Crippen MR) is 84.2 cm³/mol. The van der Waals surface area contributed by atoms with E-state index < -0.39 is 5.97 Å². The van der Waals surface area contributed by atoms with Gasteiger partial charge < -0.3 is 9.67 Å². The van der Waals surface area contributed by atoms with Crippen LogP contribution in [0.1, 0.15) is 40.8 Å². The highest BCUT2D eigenvalue weighted by molar-refractivity contribution is 7.09. The van der Waals surface area contributed by atoms with Gasteiger partial charge >= 0.3 is 5.97 Å². The number of carbonyl (C=O) groups is 1. The van der Waals surface area contributed by atoms with E-state index in [2.05, 4.69) is 28.8 Å². The molecule has 0 saturated carbocycles. The molecule has 3 aromatic rings. The number of benzene rings is 1. The van der Waals surface area contributed by atoms with Gasteiger partial charge in [-0.1, -0.05) is 13.8 Å². The number of rotatable bonds is 4. The van der Waals surface area contributed by atoms with Gasteiger partial charge in [-0.05, 0) is 24.3 Å². The zero-order valence-corrected chi connectivity index (χ0v) is 12.7. The van der Waals surface area contributed by atoms with E-state index >= 15 is 0 Å². The number of aromatic nitrogens is 2. The summed E-state index contributed by atoms with van der Waals surface area (Å²) < 4.78 is 2.10. The van der Waals surface area contributed by atoms with E-state index in [1.807, 2.05) is 18.3 Å². The molecule has 0 aliphatic rings. The van der Waals surface area contributed by atoms with Crippen LogP contribution in [-0.2, 0) is 6.54 Å². The topological polar surface area (TPSA) is 55.1 Å². The molecule has 5 heteroatoms. The van der Waals surface area contributed by atoms with E-state index in [4.69, 9.17) is 5.11 Å². The van der Waals surface area contributed by atoms with Crippen LogP contribution in [0.25, 0.3) is 10.9 Å². The van der Waals surface area contributed by atoms with E-state index in [-0.39, 0.29) is 0 Å². The highest BCUT2D eigenvalue weighted by Gasteiger charge is 2.09. The summed E-state index contributed by atoms with van der Waals surface area (Å²) in [6.07, 6.45) is 1.98. The lowest BCUT2D eigenvalue weighted by Gasteiger charge is -2.04. The number of carboxylic acid groups (broad SMARTS) is 1. The zero-order valence-electron chi connectivity index (χ0n) is 11.9. The number of carboxylic acids is 1. The fourth-order valence-electron chi connectivity index (χ4n) is 2.31. The summed E-state index contributed by atoms with van der Waals surface area (Å²) in [7, 11) is 0. The minimum absolute atomic E-state index is 0.316. The lowest BCUT2D eigenvalue weighted by atomic mass is 10.1. The van der Waals surface area contributed by atoms with Crippen molar-refractivity contribution in [3.8, 4) is 0 Å². The van der Waals surface area contributed by atoms with Crippen LogP contribution in [0.15, 0.2) is 35.8 Å². The molecule has 0 aliphatic heterocycles. The molecule has 2 heterocycles. The van der Waals surface area contributed by atoms with Crippen LogP contribution in [0.3, 0.4) is 0 Å². The standard InChI is InChI=1S/C16H16N2O2S/c1-10(2)15-17-13(9-21-15)8-18-6-5-11-7-12(16(19)20)3-4-14(11)18/h3-7,9-10H,8H2,1-2H3,(H,19,20). The van der Waals surface area contributed by atoms with Gasteiger partial charge in [0.1, 0.15) is 0 Å². The second kappa shape index (κ2) is 5.33. The first kappa shape index (κ1) is 13.8. The maximum Gasteiger partial charge on any atom is 0.335 e. The average Bonchev–Trinajstić information content (AvgIpc) is 3.06. The summed E-state index contributed by atoms with van der Waals surface area (Å²) >= 11 is 1.69. The second-order valence-corrected chi connectivity index (χ2v) is 6.24. The number of hydrogen-bond acceptors (Lipinski definition) is 3. The third-order valence-electron chi connectivity index (χ3n) is 3.41. The Hall–Kier alpha value is -2.14. The third-order valence-corrected chi connectivity index (χ3v) is 4.61. The molecule has 0 atom stereocenters. The van der Waals surface area contributed by atoms with Gasteiger partial charge in [0.15, 0.2) is 0 Å². The monoisotopic (exact) mass is 300 g/mol. The van der Waals surface area contributed by atoms with E-state index in [0.717, 1.165) is 21.6 Å². The first-order valence-corrected chi connectivity index (χ1v) is 7.69. The van der Waals surface area contributed by atoms with Crippen LogP contribution in [0, 0.1) is 0 Å². The second-order valence-electron chi connectivity index (χ2n) is 5.35. The normalized spacial score (nSPS) is 11.4. The van der Waals surface area contributed by atoms with Crippen LogP contribution < -0.4 is 0 Å². The lowest BCUT2D eigenvalue weighted by Crippen LogP contribution is -2.00. The molecule has 0 saturated heterocycles. The molecule has 0 amide bonds. The zero-order chi connectivity index (χ0) is 15.0. The molecular weight excluding hydrogens is 284 g/mol. The van der Waals surface area contributed by atoms with Crippen molar-refractivity contribution < 1.29 is 9.90 Å². The molecule has 3 rings (SSSR count). The summed E-state index contributed by atoms with van der Waals surface area (Å²) in [6.45, 7) is 4.99. The Bertz CT molecular complexity index is 802. The largest absolute Gasteiger partial charge is 0.478 e. The highest BCUT2D eigenvalue weighted by Crippen LogP contribution is 2.22. The Morgan fingerprint density at radius 1 is 1.38 bits per heavy atom. The van der Waals surface area contributed by atoms with E-state index in [0.29, 0.717) is 18.0 Å². The van der Waals surface area contributed by atoms with Gasteiger partial charge in [-0.25, -0.2) is 9.78 Å². The Morgan fingerprint density at radius 2 is 2.19 bits per heavy atom. The Morgan fingerprint density at radius 3 is 2.86 bits per heavy atom. The van der Waals surface area contributed by atoms with Crippen molar-refractivity contribution >= 4 is 28.2 Å². The van der Waals surface area contributed by atoms with Crippen LogP contribution in [0.2, 0.25) is 0 Å². The van der Waals surface area contributed by atoms with E-state index in [9.17, 15) is 4.79 Å². The van der Waals surface area contributed by atoms with Crippen molar-refractivity contribution in [3.63, 3.8) is 0 Å². The number of hydrogen-bond donors (Lipinski definition) is 1. The summed E-state index contributed by atoms with van der Waals surface area (Å²) in [5.41, 5.74) is 2.39. The third kappa shape index (κ3) is 2.69. The molecule has 108 valence electrons. The fourth-order valence-corrected chi connectivity index (χ4v) is 3.13. The Kier molecular flexibility index (Phi) is 3.51. The van der Waals surface area contributed by atoms with Crippen molar-refractivity contribution in [3.05, 3.63) is 52.1 Å². The minimum atomic E-state index is -0.897. The van der Waals surface area contributed by atoms with E-state index in [1.165, 1.54) is 0 Å². The molecular formula is C16H16N2O2S. The number of thiazole rings is 1. The molecule has 1 aromatic carbocycles. The Labute approximate surface area is 126 Å². The van der Waals surface area contributed by atoms with Gasteiger partial charge in [-0.3, -0.25) is 0 Å². The SMILES string of the molecule is CC(C)c1nc(Cn2ccc3cc(C(=O)O)ccc32)cs1. The van der Waals surface area contributed by atoms with Crippen LogP contribution in [-0.4, -0.2) is 20.6 Å². The molecule has 21 heavy (non-hydrogen) atoms. The molecule has 0 radical (unpaired) electrons. The molecule has 0 fully saturated rings. The molecule has 1 N–H and O–H groups in total. The van der Waals surface area contributed by atoms with Gasteiger partial charge in [-0.15, -0.1) is 11.3 Å². The quantitative estimate of drug-likeness (QED) is 0.793. The molecule has 0 aliphatic carbocycles. The van der Waals surface area contributed by atoms with Crippen molar-refractivity contribution in [2.45, 2.75) is 26.3 Å². The van der Waals surface area contributed by atoms with Crippen LogP contribution in [0.5, 0.6) is 0 Å². The average molecular weight is 300 g/mol. The van der Waals surface area contributed by atoms with Crippen LogP contribution in [0.4, 0.5) is 0 Å². The van der Waals surface area contributed by atoms with Crippen molar-refractivity contribution in [1.29, 1.82) is 0 Å². The molecule has 0 spiro atoms. The lowest BCUT2D eigenvalue weighted by molar-refractivity contribution is 0.0697. The minimum Gasteiger partial charge on any atom is -0.478 e. The predicted octanol–water partition coefficient (Wildman–Crippen LogP) is 3.97. The fraction of sp³-hybridized carbons (Fsp3) is 0.250. The first-order chi connectivity index (χ1) is 10.0. The van der Waals surface area contributed by atoms with E-state index in [1.54, 1.807) is 23.5 Å². The maximum atomic E-state index is 11.0. The molecule has 4 nitrogen and oxygen atoms in total. The molecule has 0 bridgehead atoms. The smallest absolute Gasteiger partial charge is 0.335 e. The molecule has 0 unspecified atom stereocenters. The summed E-state index contributed by atoms with van der Waals surface area (Å²) in [5, 5.41) is 13.2. The number of aromatic carboxylic acids is 1. The first-order valence-electron chi connectivity index (χ1n) is 6.81. The van der Waals surface area contributed by atoms with Crippen molar-refractivity contribution in [1.82, 2.24) is 9.55 Å². The van der Waals surface area contributed by atoms with Gasteiger partial charge in [0, 0.05) is 28.4 Å². The summed E-state index contributed by atoms with van der Waals surface area (Å²) in [5.74, 6) is -0.450. The van der Waals surface area contributed by atoms with Gasteiger partial charge in [0.05, 0.1) is 22.8 Å². The number of nitrogens with zero attached hydrogens (tertiary/aromatic N) is 2. The van der Waals surface area contributed by atoms with Gasteiger partial charge in [-0.2, -0.15) is 0 Å². The van der Waals surface area contributed by atoms with Crippen LogP contribution >= 0.6 is 11.3 Å². The summed E-state index contributed by atoms with van der Waals surface area (Å²) in [6, 6.07) is 7.14. The van der Waals surface area contributed by atoms with Crippen molar-refractivity contribution in [2.75, 3.05) is 0 Å². The molecule has 2 aromatic heterocycles.